The summed E-state index contributed by atoms with van der Waals surface area (Å²) in [5.74, 6) is -1.20. The molecule has 6 heteroatoms. The molecular formula is C10H12N2O3S. The Morgan fingerprint density at radius 1 is 1.62 bits per heavy atom. The fourth-order valence-electron chi connectivity index (χ4n) is 1.88. The second-order valence-electron chi connectivity index (χ2n) is 3.75. The minimum atomic E-state index is -0.933. The van der Waals surface area contributed by atoms with E-state index in [-0.39, 0.29) is 5.91 Å². The number of carbonyl (C=O) groups excluding carboxylic acids is 1. The van der Waals surface area contributed by atoms with Gasteiger partial charge in [-0.2, -0.15) is 0 Å². The highest BCUT2D eigenvalue weighted by Gasteiger charge is 2.35. The zero-order valence-corrected chi connectivity index (χ0v) is 9.66. The maximum Gasteiger partial charge on any atom is 0.326 e. The molecule has 0 spiro atoms. The van der Waals surface area contributed by atoms with Crippen molar-refractivity contribution in [2.75, 3.05) is 6.54 Å². The van der Waals surface area contributed by atoms with Gasteiger partial charge in [-0.15, -0.1) is 11.3 Å². The second kappa shape index (κ2) is 4.21. The number of carboxylic acid groups (broad SMARTS) is 1. The minimum absolute atomic E-state index is 0.269. The van der Waals surface area contributed by atoms with Gasteiger partial charge in [0.2, 0.25) is 0 Å². The number of aryl methyl sites for hydroxylation is 1. The number of rotatable bonds is 2. The highest BCUT2D eigenvalue weighted by Crippen LogP contribution is 2.21. The standard InChI is InChI=1S/C10H12N2O3S/c1-6-11-7(5-16-6)9(13)12-4-2-3-8(12)10(14)15/h5,8H,2-4H2,1H3,(H,14,15)/t8-/m1/s1. The maximum atomic E-state index is 12.0. The number of carbonyl (C=O) groups is 2. The number of hydrogen-bond donors (Lipinski definition) is 1. The lowest BCUT2D eigenvalue weighted by Crippen LogP contribution is -2.40. The third kappa shape index (κ3) is 1.92. The van der Waals surface area contributed by atoms with Crippen molar-refractivity contribution in [2.24, 2.45) is 0 Å². The summed E-state index contributed by atoms with van der Waals surface area (Å²) >= 11 is 1.40. The van der Waals surface area contributed by atoms with Crippen LogP contribution >= 0.6 is 11.3 Å². The van der Waals surface area contributed by atoms with E-state index in [1.807, 2.05) is 6.92 Å². The molecule has 86 valence electrons. The zero-order chi connectivity index (χ0) is 11.7. The molecule has 0 aliphatic carbocycles. The lowest BCUT2D eigenvalue weighted by Gasteiger charge is -2.20. The molecular weight excluding hydrogens is 228 g/mol. The summed E-state index contributed by atoms with van der Waals surface area (Å²) in [5, 5.41) is 11.5. The Morgan fingerprint density at radius 3 is 2.94 bits per heavy atom. The average molecular weight is 240 g/mol. The van der Waals surface area contributed by atoms with Crippen molar-refractivity contribution in [1.82, 2.24) is 9.88 Å². The van der Waals surface area contributed by atoms with Gasteiger partial charge in [0.25, 0.3) is 5.91 Å². The van der Waals surface area contributed by atoms with Gasteiger partial charge >= 0.3 is 5.97 Å². The van der Waals surface area contributed by atoms with Crippen LogP contribution in [-0.4, -0.2) is 39.5 Å². The van der Waals surface area contributed by atoms with E-state index >= 15 is 0 Å². The van der Waals surface area contributed by atoms with Gasteiger partial charge in [-0.1, -0.05) is 0 Å². The number of aromatic nitrogens is 1. The van der Waals surface area contributed by atoms with Crippen LogP contribution in [0, 0.1) is 6.92 Å². The van der Waals surface area contributed by atoms with Crippen molar-refractivity contribution < 1.29 is 14.7 Å². The van der Waals surface area contributed by atoms with E-state index in [2.05, 4.69) is 4.98 Å². The molecule has 2 rings (SSSR count). The molecule has 0 radical (unpaired) electrons. The summed E-state index contributed by atoms with van der Waals surface area (Å²) < 4.78 is 0. The van der Waals surface area contributed by atoms with Gasteiger partial charge < -0.3 is 10.0 Å². The Balaban J connectivity index is 2.18. The molecule has 1 saturated heterocycles. The van der Waals surface area contributed by atoms with Crippen molar-refractivity contribution in [3.63, 3.8) is 0 Å². The van der Waals surface area contributed by atoms with Crippen molar-refractivity contribution in [1.29, 1.82) is 0 Å². The molecule has 1 atom stereocenters. The van der Waals surface area contributed by atoms with E-state index in [9.17, 15) is 9.59 Å². The highest BCUT2D eigenvalue weighted by molar-refractivity contribution is 7.09. The SMILES string of the molecule is Cc1nc(C(=O)N2CCC[C@@H]2C(=O)O)cs1. The molecule has 0 unspecified atom stereocenters. The van der Waals surface area contributed by atoms with Crippen LogP contribution in [0.4, 0.5) is 0 Å². The third-order valence-corrected chi connectivity index (χ3v) is 3.41. The van der Waals surface area contributed by atoms with E-state index < -0.39 is 12.0 Å². The lowest BCUT2D eigenvalue weighted by molar-refractivity contribution is -0.141. The van der Waals surface area contributed by atoms with Crippen LogP contribution in [0.2, 0.25) is 0 Å². The predicted octanol–water partition coefficient (Wildman–Crippen LogP) is 1.14. The van der Waals surface area contributed by atoms with Crippen molar-refractivity contribution >= 4 is 23.2 Å². The van der Waals surface area contributed by atoms with Gasteiger partial charge in [-0.3, -0.25) is 4.79 Å². The number of hydrogen-bond acceptors (Lipinski definition) is 4. The summed E-state index contributed by atoms with van der Waals surface area (Å²) in [4.78, 5) is 28.4. The van der Waals surface area contributed by atoms with Crippen molar-refractivity contribution in [3.05, 3.63) is 16.1 Å². The van der Waals surface area contributed by atoms with Crippen LogP contribution < -0.4 is 0 Å². The van der Waals surface area contributed by atoms with Crippen molar-refractivity contribution in [2.45, 2.75) is 25.8 Å². The smallest absolute Gasteiger partial charge is 0.326 e. The Morgan fingerprint density at radius 2 is 2.38 bits per heavy atom. The normalized spacial score (nSPS) is 20.1. The van der Waals surface area contributed by atoms with Gasteiger partial charge in [0.1, 0.15) is 11.7 Å². The fraction of sp³-hybridized carbons (Fsp3) is 0.500. The van der Waals surface area contributed by atoms with Crippen LogP contribution in [0.25, 0.3) is 0 Å². The number of thiazole rings is 1. The lowest BCUT2D eigenvalue weighted by atomic mass is 10.2. The molecule has 1 amide bonds. The Hall–Kier alpha value is -1.43. The molecule has 0 saturated carbocycles. The minimum Gasteiger partial charge on any atom is -0.480 e. The first-order chi connectivity index (χ1) is 7.59. The van der Waals surface area contributed by atoms with Crippen LogP contribution in [0.15, 0.2) is 5.38 Å². The summed E-state index contributed by atoms with van der Waals surface area (Å²) in [5.41, 5.74) is 0.357. The Labute approximate surface area is 96.7 Å². The van der Waals surface area contributed by atoms with Crippen LogP contribution in [0.1, 0.15) is 28.3 Å². The summed E-state index contributed by atoms with van der Waals surface area (Å²) in [6, 6.07) is -0.686. The number of aliphatic carboxylic acids is 1. The molecule has 1 aromatic rings. The first-order valence-electron chi connectivity index (χ1n) is 5.05. The van der Waals surface area contributed by atoms with E-state index in [4.69, 9.17) is 5.11 Å². The van der Waals surface area contributed by atoms with Gasteiger partial charge in [-0.25, -0.2) is 9.78 Å². The molecule has 1 aliphatic rings. The topological polar surface area (TPSA) is 70.5 Å². The molecule has 5 nitrogen and oxygen atoms in total. The summed E-state index contributed by atoms with van der Waals surface area (Å²) in [6.07, 6.45) is 1.27. The number of nitrogens with zero attached hydrogens (tertiary/aromatic N) is 2. The largest absolute Gasteiger partial charge is 0.480 e. The van der Waals surface area contributed by atoms with Gasteiger partial charge in [0, 0.05) is 11.9 Å². The van der Waals surface area contributed by atoms with E-state index in [0.29, 0.717) is 18.7 Å². The first-order valence-corrected chi connectivity index (χ1v) is 5.93. The molecule has 0 aromatic carbocycles. The molecule has 0 bridgehead atoms. The zero-order valence-electron chi connectivity index (χ0n) is 8.84. The average Bonchev–Trinajstić information content (AvgIpc) is 2.84. The monoisotopic (exact) mass is 240 g/mol. The van der Waals surface area contributed by atoms with Crippen LogP contribution in [0.5, 0.6) is 0 Å². The first kappa shape index (κ1) is 11.1. The Bertz CT molecular complexity index is 429. The molecule has 1 aromatic heterocycles. The van der Waals surface area contributed by atoms with Crippen LogP contribution in [-0.2, 0) is 4.79 Å². The number of carboxylic acids is 1. The van der Waals surface area contributed by atoms with Gasteiger partial charge in [0.05, 0.1) is 5.01 Å². The van der Waals surface area contributed by atoms with E-state index in [1.165, 1.54) is 16.2 Å². The number of likely N-dealkylation sites (tertiary alicyclic amines) is 1. The molecule has 2 heterocycles. The van der Waals surface area contributed by atoms with Crippen LogP contribution in [0.3, 0.4) is 0 Å². The van der Waals surface area contributed by atoms with Gasteiger partial charge in [-0.05, 0) is 19.8 Å². The van der Waals surface area contributed by atoms with E-state index in [0.717, 1.165) is 11.4 Å². The summed E-state index contributed by atoms with van der Waals surface area (Å²) in [6.45, 7) is 2.33. The molecule has 16 heavy (non-hydrogen) atoms. The van der Waals surface area contributed by atoms with Gasteiger partial charge in [0.15, 0.2) is 0 Å². The quantitative estimate of drug-likeness (QED) is 0.841. The summed E-state index contributed by atoms with van der Waals surface area (Å²) in [7, 11) is 0. The fourth-order valence-corrected chi connectivity index (χ4v) is 2.46. The molecule has 1 N–H and O–H groups in total. The second-order valence-corrected chi connectivity index (χ2v) is 4.81. The highest BCUT2D eigenvalue weighted by atomic mass is 32.1. The third-order valence-electron chi connectivity index (χ3n) is 2.64. The molecule has 1 aliphatic heterocycles. The molecule has 1 fully saturated rings. The number of amides is 1. The van der Waals surface area contributed by atoms with E-state index in [1.54, 1.807) is 5.38 Å². The Kier molecular flexibility index (Phi) is 2.91. The van der Waals surface area contributed by atoms with Crippen molar-refractivity contribution in [3.8, 4) is 0 Å². The maximum absolute atomic E-state index is 12.0. The predicted molar refractivity (Wildman–Crippen MR) is 58.5 cm³/mol.